The minimum absolute atomic E-state index is 0.0468. The fourth-order valence-corrected chi connectivity index (χ4v) is 5.24. The number of hydrogen-bond acceptors (Lipinski definition) is 4. The second-order valence-electron chi connectivity index (χ2n) is 11.4. The largest absolute Gasteiger partial charge is 0.504 e. The number of carbonyl (C=O) groups excluding carboxylic acids is 1. The first kappa shape index (κ1) is 24.0. The topological polar surface area (TPSA) is 92.1 Å². The van der Waals surface area contributed by atoms with Crippen LogP contribution >= 0.6 is 0 Å². The number of amides is 2. The van der Waals surface area contributed by atoms with Gasteiger partial charge in [-0.05, 0) is 59.9 Å². The van der Waals surface area contributed by atoms with E-state index in [4.69, 9.17) is 0 Å². The zero-order valence-electron chi connectivity index (χ0n) is 21.0. The van der Waals surface area contributed by atoms with Crippen molar-refractivity contribution in [1.82, 2.24) is 20.3 Å². The zero-order chi connectivity index (χ0) is 24.5. The van der Waals surface area contributed by atoms with Crippen molar-refractivity contribution < 1.29 is 9.90 Å². The van der Waals surface area contributed by atoms with E-state index < -0.39 is 0 Å². The van der Waals surface area contributed by atoms with Crippen molar-refractivity contribution >= 4 is 22.8 Å². The van der Waals surface area contributed by atoms with Crippen molar-refractivity contribution in [2.24, 2.45) is 5.41 Å². The van der Waals surface area contributed by atoms with E-state index in [0.29, 0.717) is 11.4 Å². The smallest absolute Gasteiger partial charge is 0.319 e. The number of benzene rings is 2. The van der Waals surface area contributed by atoms with Crippen LogP contribution in [0.15, 0.2) is 36.4 Å². The SMILES string of the molecule is CC(C)(C)CC(C)(C)c1cc(NC(=O)NC2CCCCC2)c(O)c(-n2nc3ccccc3n2)c1. The number of carbonyl (C=O) groups is 1. The molecule has 2 amide bonds. The van der Waals surface area contributed by atoms with E-state index in [2.05, 4.69) is 55.4 Å². The monoisotopic (exact) mass is 463 g/mol. The molecule has 1 aliphatic carbocycles. The lowest BCUT2D eigenvalue weighted by atomic mass is 9.72. The molecule has 0 aliphatic heterocycles. The van der Waals surface area contributed by atoms with Gasteiger partial charge in [-0.1, -0.05) is 66.0 Å². The van der Waals surface area contributed by atoms with E-state index in [-0.39, 0.29) is 28.7 Å². The van der Waals surface area contributed by atoms with Crippen LogP contribution in [0.25, 0.3) is 16.7 Å². The summed E-state index contributed by atoms with van der Waals surface area (Å²) < 4.78 is 0. The summed E-state index contributed by atoms with van der Waals surface area (Å²) in [4.78, 5) is 14.3. The third kappa shape index (κ3) is 5.51. The molecule has 0 unspecified atom stereocenters. The van der Waals surface area contributed by atoms with Crippen LogP contribution in [-0.4, -0.2) is 32.2 Å². The second-order valence-corrected chi connectivity index (χ2v) is 11.4. The van der Waals surface area contributed by atoms with E-state index >= 15 is 0 Å². The van der Waals surface area contributed by atoms with Gasteiger partial charge in [0.15, 0.2) is 5.75 Å². The molecule has 182 valence electrons. The molecule has 7 heteroatoms. The summed E-state index contributed by atoms with van der Waals surface area (Å²) in [5.74, 6) is -0.0468. The number of nitrogens with one attached hydrogen (secondary N) is 2. The van der Waals surface area contributed by atoms with Crippen molar-refractivity contribution in [2.75, 3.05) is 5.32 Å². The quantitative estimate of drug-likeness (QED) is 0.388. The van der Waals surface area contributed by atoms with Crippen LogP contribution in [0.1, 0.15) is 78.7 Å². The maximum Gasteiger partial charge on any atom is 0.319 e. The molecule has 1 saturated carbocycles. The maximum atomic E-state index is 12.8. The van der Waals surface area contributed by atoms with E-state index in [1.54, 1.807) is 0 Å². The van der Waals surface area contributed by atoms with Gasteiger partial charge in [0.1, 0.15) is 16.7 Å². The molecule has 1 aliphatic rings. The summed E-state index contributed by atoms with van der Waals surface area (Å²) in [6.07, 6.45) is 6.40. The standard InChI is InChI=1S/C27H37N5O2/c1-26(2,3)17-27(4,5)18-15-22(29-25(34)28-19-11-7-6-8-12-19)24(33)23(16-18)32-30-20-13-9-10-14-21(20)31-32/h9-10,13-16,19,33H,6-8,11-12,17H2,1-5H3,(H2,28,29,34). The first-order chi connectivity index (χ1) is 16.0. The first-order valence-corrected chi connectivity index (χ1v) is 12.3. The number of nitrogens with zero attached hydrogens (tertiary/aromatic N) is 3. The van der Waals surface area contributed by atoms with Gasteiger partial charge in [0.2, 0.25) is 0 Å². The molecule has 4 rings (SSSR count). The molecule has 2 aromatic carbocycles. The van der Waals surface area contributed by atoms with Crippen LogP contribution in [-0.2, 0) is 5.41 Å². The van der Waals surface area contributed by atoms with Crippen molar-refractivity contribution in [1.29, 1.82) is 0 Å². The van der Waals surface area contributed by atoms with Crippen LogP contribution in [0.5, 0.6) is 5.75 Å². The first-order valence-electron chi connectivity index (χ1n) is 12.3. The summed E-state index contributed by atoms with van der Waals surface area (Å²) in [6.45, 7) is 11.0. The molecule has 0 radical (unpaired) electrons. The molecule has 3 aromatic rings. The molecular formula is C27H37N5O2. The van der Waals surface area contributed by atoms with Gasteiger partial charge in [0.05, 0.1) is 5.69 Å². The minimum Gasteiger partial charge on any atom is -0.504 e. The lowest BCUT2D eigenvalue weighted by molar-refractivity contribution is 0.244. The highest BCUT2D eigenvalue weighted by Crippen LogP contribution is 2.41. The Balaban J connectivity index is 1.73. The lowest BCUT2D eigenvalue weighted by Crippen LogP contribution is -2.39. The summed E-state index contributed by atoms with van der Waals surface area (Å²) in [6, 6.07) is 11.3. The van der Waals surface area contributed by atoms with Gasteiger partial charge in [-0.15, -0.1) is 15.0 Å². The Labute approximate surface area is 201 Å². The highest BCUT2D eigenvalue weighted by Gasteiger charge is 2.30. The minimum atomic E-state index is -0.294. The van der Waals surface area contributed by atoms with Crippen LogP contribution in [0.2, 0.25) is 0 Å². The number of aromatic hydroxyl groups is 1. The maximum absolute atomic E-state index is 12.8. The Bertz CT molecular complexity index is 1140. The van der Waals surface area contributed by atoms with E-state index in [9.17, 15) is 9.90 Å². The predicted molar refractivity (Wildman–Crippen MR) is 137 cm³/mol. The van der Waals surface area contributed by atoms with Crippen molar-refractivity contribution in [2.45, 2.75) is 84.6 Å². The zero-order valence-corrected chi connectivity index (χ0v) is 21.0. The average Bonchev–Trinajstić information content (AvgIpc) is 3.18. The molecule has 1 fully saturated rings. The van der Waals surface area contributed by atoms with Gasteiger partial charge < -0.3 is 15.7 Å². The lowest BCUT2D eigenvalue weighted by Gasteiger charge is -2.33. The number of phenolic OH excluding ortho intramolecular Hbond substituents is 1. The summed E-state index contributed by atoms with van der Waals surface area (Å²) >= 11 is 0. The van der Waals surface area contributed by atoms with Crippen molar-refractivity contribution in [3.63, 3.8) is 0 Å². The molecule has 0 saturated heterocycles. The number of aromatic nitrogens is 3. The Morgan fingerprint density at radius 1 is 1.03 bits per heavy atom. The summed E-state index contributed by atoms with van der Waals surface area (Å²) in [7, 11) is 0. The molecule has 3 N–H and O–H groups in total. The Hall–Kier alpha value is -3.09. The van der Waals surface area contributed by atoms with E-state index in [0.717, 1.165) is 48.7 Å². The molecular weight excluding hydrogens is 426 g/mol. The van der Waals surface area contributed by atoms with E-state index in [1.165, 1.54) is 11.2 Å². The number of rotatable bonds is 5. The number of anilines is 1. The third-order valence-corrected chi connectivity index (χ3v) is 6.53. The Kier molecular flexibility index (Phi) is 6.56. The normalized spacial score (nSPS) is 15.4. The fourth-order valence-electron chi connectivity index (χ4n) is 5.24. The van der Waals surface area contributed by atoms with Gasteiger partial charge in [-0.2, -0.15) is 0 Å². The predicted octanol–water partition coefficient (Wildman–Crippen LogP) is 6.29. The van der Waals surface area contributed by atoms with Gasteiger partial charge in [0, 0.05) is 6.04 Å². The van der Waals surface area contributed by atoms with Gasteiger partial charge in [0.25, 0.3) is 0 Å². The molecule has 1 aromatic heterocycles. The molecule has 7 nitrogen and oxygen atoms in total. The third-order valence-electron chi connectivity index (χ3n) is 6.53. The number of fused-ring (bicyclic) bond motifs is 1. The molecule has 0 bridgehead atoms. The second kappa shape index (κ2) is 9.28. The summed E-state index contributed by atoms with van der Waals surface area (Å²) in [5, 5.41) is 26.3. The van der Waals surface area contributed by atoms with Crippen molar-refractivity contribution in [3.8, 4) is 11.4 Å². The molecule has 0 spiro atoms. The highest BCUT2D eigenvalue weighted by molar-refractivity contribution is 5.92. The van der Waals surface area contributed by atoms with Gasteiger partial charge in [-0.3, -0.25) is 0 Å². The molecule has 0 atom stereocenters. The van der Waals surface area contributed by atoms with Crippen LogP contribution in [0.4, 0.5) is 10.5 Å². The Morgan fingerprint density at radius 2 is 1.65 bits per heavy atom. The summed E-state index contributed by atoms with van der Waals surface area (Å²) in [5.41, 5.74) is 3.20. The molecule has 34 heavy (non-hydrogen) atoms. The number of hydrogen-bond donors (Lipinski definition) is 3. The number of urea groups is 1. The van der Waals surface area contributed by atoms with Crippen LogP contribution < -0.4 is 10.6 Å². The Morgan fingerprint density at radius 3 is 2.24 bits per heavy atom. The molecule has 1 heterocycles. The van der Waals surface area contributed by atoms with E-state index in [1.807, 2.05) is 36.4 Å². The van der Waals surface area contributed by atoms with Crippen LogP contribution in [0, 0.1) is 5.41 Å². The average molecular weight is 464 g/mol. The fraction of sp³-hybridized carbons (Fsp3) is 0.519. The number of phenols is 1. The van der Waals surface area contributed by atoms with Gasteiger partial charge >= 0.3 is 6.03 Å². The van der Waals surface area contributed by atoms with Gasteiger partial charge in [-0.25, -0.2) is 4.79 Å². The highest BCUT2D eigenvalue weighted by atomic mass is 16.3. The van der Waals surface area contributed by atoms with Crippen LogP contribution in [0.3, 0.4) is 0 Å². The van der Waals surface area contributed by atoms with Crippen molar-refractivity contribution in [3.05, 3.63) is 42.0 Å².